The van der Waals surface area contributed by atoms with Crippen LogP contribution in [0.2, 0.25) is 0 Å². The van der Waals surface area contributed by atoms with Crippen LogP contribution in [-0.2, 0) is 23.2 Å². The lowest BCUT2D eigenvalue weighted by molar-refractivity contribution is -0.141. The van der Waals surface area contributed by atoms with Crippen LogP contribution in [0.15, 0.2) is 79.4 Å². The van der Waals surface area contributed by atoms with Gasteiger partial charge in [-0.1, -0.05) is 63.1 Å². The number of nitrogens with zero attached hydrogens (tertiary/aromatic N) is 6. The van der Waals surface area contributed by atoms with Gasteiger partial charge in [-0.2, -0.15) is 5.10 Å². The van der Waals surface area contributed by atoms with Gasteiger partial charge in [0, 0.05) is 58.8 Å². The Labute approximate surface area is 277 Å². The predicted molar refractivity (Wildman–Crippen MR) is 179 cm³/mol. The first kappa shape index (κ1) is 31.3. The Morgan fingerprint density at radius 1 is 1.15 bits per heavy atom. The second-order valence-corrected chi connectivity index (χ2v) is 13.4. The number of hydrogen-bond acceptors (Lipinski definition) is 6. The number of nitrogens with one attached hydrogen (secondary N) is 1. The average Bonchev–Trinajstić information content (AvgIpc) is 3.84. The van der Waals surface area contributed by atoms with Crippen LogP contribution in [0, 0.1) is 11.7 Å². The Bertz CT molecular complexity index is 2100. The van der Waals surface area contributed by atoms with E-state index in [0.717, 1.165) is 47.9 Å². The molecule has 0 saturated carbocycles. The maximum Gasteiger partial charge on any atom is 0.306 e. The predicted octanol–water partition coefficient (Wildman–Crippen LogP) is 7.70. The van der Waals surface area contributed by atoms with Gasteiger partial charge in [0.1, 0.15) is 11.4 Å². The van der Waals surface area contributed by atoms with Crippen molar-refractivity contribution >= 4 is 16.9 Å². The summed E-state index contributed by atoms with van der Waals surface area (Å²) in [6.07, 6.45) is 11.4. The molecule has 6 bridgehead atoms. The fourth-order valence-corrected chi connectivity index (χ4v) is 6.57. The van der Waals surface area contributed by atoms with Gasteiger partial charge in [-0.15, -0.1) is 5.10 Å². The Kier molecular flexibility index (Phi) is 8.28. The summed E-state index contributed by atoms with van der Waals surface area (Å²) in [4.78, 5) is 19.3. The Morgan fingerprint density at radius 3 is 2.88 bits per heavy atom. The molecular weight excluding hydrogens is 609 g/mol. The van der Waals surface area contributed by atoms with Crippen LogP contribution >= 0.6 is 0 Å². The molecule has 246 valence electrons. The lowest BCUT2D eigenvalue weighted by atomic mass is 9.83. The van der Waals surface area contributed by atoms with Crippen LogP contribution in [0.5, 0.6) is 11.5 Å². The smallest absolute Gasteiger partial charge is 0.306 e. The molecule has 0 amide bonds. The Balaban J connectivity index is 1.30. The monoisotopic (exact) mass is 647 g/mol. The topological polar surface area (TPSA) is 124 Å². The number of aromatic amines is 1. The zero-order valence-electron chi connectivity index (χ0n) is 27.2. The summed E-state index contributed by atoms with van der Waals surface area (Å²) in [5.41, 5.74) is 5.27. The minimum absolute atomic E-state index is 0.0749. The van der Waals surface area contributed by atoms with Crippen LogP contribution in [0.1, 0.15) is 74.9 Å². The van der Waals surface area contributed by atoms with Gasteiger partial charge in [0.15, 0.2) is 11.6 Å². The van der Waals surface area contributed by atoms with Crippen molar-refractivity contribution in [3.63, 3.8) is 0 Å². The third-order valence-corrected chi connectivity index (χ3v) is 9.39. The SMILES string of the molecule is C[C@H](Cc1cccc(C2CCCCC(C)(C)c3cn(nn3)Cc3c(c(F)cc4[nH]ccc34)Oc3ccnc(c3)-c3ccn2n3)c1)C(=O)O. The third kappa shape index (κ3) is 6.32. The van der Waals surface area contributed by atoms with Gasteiger partial charge in [-0.05, 0) is 48.6 Å². The summed E-state index contributed by atoms with van der Waals surface area (Å²) < 4.78 is 25.7. The standard InChI is InChI=1S/C37H38FN7O3/c1-23(36(46)47)17-24-7-6-8-25(18-24)33-9-4-5-13-37(2,3)34-22-44(43-41-34)21-28-27-11-15-39-31(27)20-29(38)35(28)48-26-10-14-40-32(19-26)30-12-16-45(33)42-30/h6-8,10-12,14-16,18-20,22-23,33,39H,4-5,9,13,17,21H2,1-3H3,(H,46,47)/t23-,33?/m1/s1. The van der Waals surface area contributed by atoms with Crippen LogP contribution < -0.4 is 4.74 Å². The molecule has 0 radical (unpaired) electrons. The molecule has 0 saturated heterocycles. The number of pyridine rings is 1. The number of carbonyl (C=O) groups is 1. The Morgan fingerprint density at radius 2 is 2.02 bits per heavy atom. The number of H-pyrrole nitrogens is 1. The van der Waals surface area contributed by atoms with Crippen LogP contribution in [0.3, 0.4) is 0 Å². The number of ether oxygens (including phenoxy) is 1. The van der Waals surface area contributed by atoms with Gasteiger partial charge in [0.2, 0.25) is 0 Å². The number of rotatable bonds is 4. The molecule has 4 aromatic heterocycles. The van der Waals surface area contributed by atoms with Gasteiger partial charge < -0.3 is 14.8 Å². The number of aliphatic carboxylic acids is 1. The average molecular weight is 648 g/mol. The zero-order valence-corrected chi connectivity index (χ0v) is 27.2. The third-order valence-electron chi connectivity index (χ3n) is 9.39. The summed E-state index contributed by atoms with van der Waals surface area (Å²) in [7, 11) is 0. The van der Waals surface area contributed by atoms with E-state index in [-0.39, 0.29) is 23.8 Å². The van der Waals surface area contributed by atoms with E-state index in [2.05, 4.69) is 46.3 Å². The molecule has 0 fully saturated rings. The van der Waals surface area contributed by atoms with Crippen LogP contribution in [0.25, 0.3) is 22.3 Å². The highest BCUT2D eigenvalue weighted by Gasteiger charge is 2.26. The molecule has 48 heavy (non-hydrogen) atoms. The molecule has 6 aromatic rings. The summed E-state index contributed by atoms with van der Waals surface area (Å²) in [6, 6.07) is 16.8. The quantitative estimate of drug-likeness (QED) is 0.201. The molecule has 11 heteroatoms. The van der Waals surface area contributed by atoms with E-state index in [1.807, 2.05) is 41.3 Å². The lowest BCUT2D eigenvalue weighted by Crippen LogP contribution is -2.18. The van der Waals surface area contributed by atoms with Gasteiger partial charge in [0.25, 0.3) is 0 Å². The number of carboxylic acid groups (broad SMARTS) is 1. The van der Waals surface area contributed by atoms with Gasteiger partial charge in [0.05, 0.1) is 29.9 Å². The highest BCUT2D eigenvalue weighted by Crippen LogP contribution is 2.37. The highest BCUT2D eigenvalue weighted by atomic mass is 19.1. The number of aromatic nitrogens is 7. The molecule has 0 aliphatic carbocycles. The minimum atomic E-state index is -0.811. The molecule has 1 aliphatic rings. The number of carboxylic acids is 1. The summed E-state index contributed by atoms with van der Waals surface area (Å²) in [5.74, 6) is -1.23. The maximum atomic E-state index is 15.7. The first-order chi connectivity index (χ1) is 23.1. The summed E-state index contributed by atoms with van der Waals surface area (Å²) >= 11 is 0. The van der Waals surface area contributed by atoms with Crippen molar-refractivity contribution in [1.82, 2.24) is 34.7 Å². The molecule has 1 aliphatic heterocycles. The van der Waals surface area contributed by atoms with Gasteiger partial charge >= 0.3 is 5.97 Å². The molecule has 5 heterocycles. The number of halogens is 1. The van der Waals surface area contributed by atoms with E-state index < -0.39 is 17.7 Å². The fraction of sp³-hybridized carbons (Fsp3) is 0.324. The molecule has 2 atom stereocenters. The second kappa shape index (κ2) is 12.7. The first-order valence-electron chi connectivity index (χ1n) is 16.3. The molecule has 0 spiro atoms. The summed E-state index contributed by atoms with van der Waals surface area (Å²) in [5, 5.41) is 24.3. The van der Waals surface area contributed by atoms with Crippen LogP contribution in [0.4, 0.5) is 4.39 Å². The number of benzene rings is 2. The van der Waals surface area contributed by atoms with E-state index in [1.165, 1.54) is 6.07 Å². The maximum absolute atomic E-state index is 15.7. The molecule has 1 unspecified atom stereocenters. The normalized spacial score (nSPS) is 17.0. The second-order valence-electron chi connectivity index (χ2n) is 13.4. The van der Waals surface area contributed by atoms with Crippen molar-refractivity contribution in [3.05, 3.63) is 108 Å². The zero-order chi connectivity index (χ0) is 33.4. The summed E-state index contributed by atoms with van der Waals surface area (Å²) in [6.45, 7) is 6.36. The molecule has 2 aromatic carbocycles. The van der Waals surface area contributed by atoms with Gasteiger partial charge in [-0.3, -0.25) is 14.5 Å². The molecule has 7 rings (SSSR count). The van der Waals surface area contributed by atoms with Crippen molar-refractivity contribution in [2.24, 2.45) is 5.92 Å². The van der Waals surface area contributed by atoms with Crippen molar-refractivity contribution in [2.45, 2.75) is 70.9 Å². The molecular formula is C37H38FN7O3. The van der Waals surface area contributed by atoms with Crippen molar-refractivity contribution in [3.8, 4) is 22.9 Å². The van der Waals surface area contributed by atoms with Crippen molar-refractivity contribution in [2.75, 3.05) is 0 Å². The molecule has 10 nitrogen and oxygen atoms in total. The first-order valence-corrected chi connectivity index (χ1v) is 16.3. The van der Waals surface area contributed by atoms with Crippen molar-refractivity contribution in [1.29, 1.82) is 0 Å². The van der Waals surface area contributed by atoms with Gasteiger partial charge in [-0.25, -0.2) is 9.07 Å². The largest absolute Gasteiger partial charge is 0.481 e. The van der Waals surface area contributed by atoms with E-state index in [9.17, 15) is 9.90 Å². The lowest BCUT2D eigenvalue weighted by Gasteiger charge is -2.23. The Hall–Kier alpha value is -5.32. The minimum Gasteiger partial charge on any atom is -0.481 e. The van der Waals surface area contributed by atoms with E-state index >= 15 is 4.39 Å². The molecule has 2 N–H and O–H groups in total. The van der Waals surface area contributed by atoms with E-state index in [0.29, 0.717) is 34.6 Å². The highest BCUT2D eigenvalue weighted by molar-refractivity contribution is 5.85. The van der Waals surface area contributed by atoms with Crippen LogP contribution in [-0.4, -0.2) is 45.8 Å². The van der Waals surface area contributed by atoms with E-state index in [4.69, 9.17) is 9.84 Å². The fourth-order valence-electron chi connectivity index (χ4n) is 6.57. The number of fused-ring (bicyclic) bond motifs is 10. The number of hydrogen-bond donors (Lipinski definition) is 2. The van der Waals surface area contributed by atoms with E-state index in [1.54, 1.807) is 36.1 Å². The van der Waals surface area contributed by atoms with Crippen molar-refractivity contribution < 1.29 is 19.0 Å².